The Morgan fingerprint density at radius 3 is 3.10 bits per heavy atom. The number of rotatable bonds is 4. The van der Waals surface area contributed by atoms with E-state index >= 15 is 0 Å². The summed E-state index contributed by atoms with van der Waals surface area (Å²) < 4.78 is 2.34. The monoisotopic (exact) mass is 292 g/mol. The van der Waals surface area contributed by atoms with Crippen LogP contribution in [-0.4, -0.2) is 44.9 Å². The summed E-state index contributed by atoms with van der Waals surface area (Å²) in [6.07, 6.45) is 8.40. The highest BCUT2D eigenvalue weighted by atomic mass is 35.5. The van der Waals surface area contributed by atoms with Crippen LogP contribution < -0.4 is 0 Å². The minimum absolute atomic E-state index is 0.600. The van der Waals surface area contributed by atoms with Gasteiger partial charge in [-0.25, -0.2) is 4.98 Å². The molecular weight excluding hydrogens is 272 g/mol. The third-order valence-corrected chi connectivity index (χ3v) is 4.45. The molecule has 1 fully saturated rings. The van der Waals surface area contributed by atoms with E-state index in [2.05, 4.69) is 27.6 Å². The fourth-order valence-electron chi connectivity index (χ4n) is 3.10. The summed E-state index contributed by atoms with van der Waals surface area (Å²) in [6.45, 7) is 2.20. The van der Waals surface area contributed by atoms with E-state index in [1.807, 2.05) is 12.4 Å². The van der Waals surface area contributed by atoms with Crippen molar-refractivity contribution in [3.8, 4) is 0 Å². The van der Waals surface area contributed by atoms with Crippen LogP contribution in [-0.2, 0) is 13.0 Å². The first-order chi connectivity index (χ1) is 9.79. The van der Waals surface area contributed by atoms with E-state index in [-0.39, 0.29) is 0 Å². The molecule has 0 N–H and O–H groups in total. The predicted molar refractivity (Wildman–Crippen MR) is 82.2 cm³/mol. The molecule has 3 rings (SSSR count). The van der Waals surface area contributed by atoms with Gasteiger partial charge in [0.1, 0.15) is 11.3 Å². The Hall–Kier alpha value is -1.13. The quantitative estimate of drug-likeness (QED) is 0.813. The number of halogens is 1. The second-order valence-electron chi connectivity index (χ2n) is 5.57. The molecule has 0 aliphatic carbocycles. The minimum Gasteiger partial charge on any atom is -0.326 e. The van der Waals surface area contributed by atoms with Gasteiger partial charge in [-0.05, 0) is 32.5 Å². The number of fused-ring (bicyclic) bond motifs is 1. The summed E-state index contributed by atoms with van der Waals surface area (Å²) in [4.78, 5) is 11.3. The Morgan fingerprint density at radius 1 is 1.40 bits per heavy atom. The first-order valence-electron chi connectivity index (χ1n) is 7.35. The molecule has 0 aromatic carbocycles. The molecule has 1 aliphatic heterocycles. The summed E-state index contributed by atoms with van der Waals surface area (Å²) in [5, 5.41) is 0. The van der Waals surface area contributed by atoms with Gasteiger partial charge in [-0.2, -0.15) is 0 Å². The van der Waals surface area contributed by atoms with Gasteiger partial charge in [0, 0.05) is 31.1 Å². The van der Waals surface area contributed by atoms with Crippen molar-refractivity contribution in [2.24, 2.45) is 0 Å². The number of aryl methyl sites for hydroxylation is 1. The van der Waals surface area contributed by atoms with Gasteiger partial charge in [0.2, 0.25) is 0 Å². The molecule has 1 atom stereocenters. The molecule has 4 nitrogen and oxygen atoms in total. The van der Waals surface area contributed by atoms with Gasteiger partial charge in [0.15, 0.2) is 0 Å². The van der Waals surface area contributed by atoms with Crippen molar-refractivity contribution in [1.82, 2.24) is 19.4 Å². The summed E-state index contributed by atoms with van der Waals surface area (Å²) >= 11 is 5.93. The Kier molecular flexibility index (Phi) is 4.22. The molecule has 2 aromatic heterocycles. The Morgan fingerprint density at radius 2 is 2.30 bits per heavy atom. The Labute approximate surface area is 124 Å². The maximum absolute atomic E-state index is 5.93. The topological polar surface area (TPSA) is 34.0 Å². The van der Waals surface area contributed by atoms with Crippen LogP contribution in [0.5, 0.6) is 0 Å². The van der Waals surface area contributed by atoms with Gasteiger partial charge in [-0.15, -0.1) is 11.6 Å². The zero-order valence-electron chi connectivity index (χ0n) is 11.9. The number of aromatic nitrogens is 3. The van der Waals surface area contributed by atoms with Gasteiger partial charge >= 0.3 is 0 Å². The molecule has 5 heteroatoms. The fraction of sp³-hybridized carbons (Fsp3) is 0.600. The van der Waals surface area contributed by atoms with E-state index in [0.717, 1.165) is 24.3 Å². The van der Waals surface area contributed by atoms with Crippen LogP contribution in [0, 0.1) is 0 Å². The van der Waals surface area contributed by atoms with Crippen molar-refractivity contribution < 1.29 is 0 Å². The number of likely N-dealkylation sites (N-methyl/N-ethyl adjacent to an activating group) is 1. The first kappa shape index (κ1) is 13.8. The van der Waals surface area contributed by atoms with Gasteiger partial charge < -0.3 is 9.47 Å². The summed E-state index contributed by atoms with van der Waals surface area (Å²) in [6, 6.07) is 2.66. The lowest BCUT2D eigenvalue weighted by molar-refractivity contribution is 0.167. The van der Waals surface area contributed by atoms with E-state index in [9.17, 15) is 0 Å². The highest BCUT2D eigenvalue weighted by Crippen LogP contribution is 2.21. The first-order valence-corrected chi connectivity index (χ1v) is 7.88. The molecule has 0 spiro atoms. The minimum atomic E-state index is 0.600. The molecular formula is C15H21ClN4. The van der Waals surface area contributed by atoms with Crippen LogP contribution in [0.3, 0.4) is 0 Å². The van der Waals surface area contributed by atoms with Crippen molar-refractivity contribution >= 4 is 22.6 Å². The average Bonchev–Trinajstić information content (AvgIpc) is 2.80. The maximum atomic E-state index is 5.93. The third kappa shape index (κ3) is 2.67. The van der Waals surface area contributed by atoms with Gasteiger partial charge in [-0.3, -0.25) is 4.98 Å². The Balaban J connectivity index is 1.93. The molecule has 20 heavy (non-hydrogen) atoms. The van der Waals surface area contributed by atoms with Crippen LogP contribution in [0.1, 0.15) is 25.1 Å². The van der Waals surface area contributed by atoms with Gasteiger partial charge in [0.25, 0.3) is 0 Å². The largest absolute Gasteiger partial charge is 0.326 e. The number of piperidine rings is 1. The van der Waals surface area contributed by atoms with E-state index in [1.54, 1.807) is 0 Å². The van der Waals surface area contributed by atoms with Crippen molar-refractivity contribution in [2.75, 3.05) is 19.5 Å². The molecule has 1 saturated heterocycles. The third-order valence-electron chi connectivity index (χ3n) is 4.26. The van der Waals surface area contributed by atoms with Crippen LogP contribution in [0.4, 0.5) is 0 Å². The number of alkyl halides is 1. The molecule has 0 amide bonds. The van der Waals surface area contributed by atoms with Gasteiger partial charge in [0.05, 0.1) is 11.7 Å². The van der Waals surface area contributed by atoms with Gasteiger partial charge in [-0.1, -0.05) is 6.42 Å². The summed E-state index contributed by atoms with van der Waals surface area (Å²) in [5.41, 5.74) is 2.16. The van der Waals surface area contributed by atoms with Crippen molar-refractivity contribution in [1.29, 1.82) is 0 Å². The normalized spacial score (nSPS) is 20.6. The zero-order valence-corrected chi connectivity index (χ0v) is 12.7. The summed E-state index contributed by atoms with van der Waals surface area (Å²) in [7, 11) is 2.23. The van der Waals surface area contributed by atoms with Crippen LogP contribution in [0.15, 0.2) is 18.5 Å². The number of pyridine rings is 1. The number of hydrogen-bond acceptors (Lipinski definition) is 3. The average molecular weight is 293 g/mol. The lowest BCUT2D eigenvalue weighted by atomic mass is 10.0. The molecule has 0 bridgehead atoms. The molecule has 2 aromatic rings. The van der Waals surface area contributed by atoms with E-state index in [0.29, 0.717) is 11.9 Å². The highest BCUT2D eigenvalue weighted by Gasteiger charge is 2.21. The van der Waals surface area contributed by atoms with Crippen LogP contribution >= 0.6 is 11.6 Å². The smallest absolute Gasteiger partial charge is 0.111 e. The van der Waals surface area contributed by atoms with Crippen molar-refractivity contribution in [3.63, 3.8) is 0 Å². The number of nitrogens with zero attached hydrogens (tertiary/aromatic N) is 4. The van der Waals surface area contributed by atoms with Crippen molar-refractivity contribution in [2.45, 2.75) is 38.3 Å². The SMILES string of the molecule is CN1CCCCC1Cn1c(CCCl)nc2cnccc21. The molecule has 0 radical (unpaired) electrons. The standard InChI is InChI=1S/C15H21ClN4/c1-19-9-3-2-4-12(19)11-20-14-6-8-17-10-13(14)18-15(20)5-7-16/h6,8,10,12H,2-5,7,9,11H2,1H3. The van der Waals surface area contributed by atoms with E-state index in [4.69, 9.17) is 16.6 Å². The second kappa shape index (κ2) is 6.10. The van der Waals surface area contributed by atoms with E-state index in [1.165, 1.54) is 31.3 Å². The highest BCUT2D eigenvalue weighted by molar-refractivity contribution is 6.17. The second-order valence-corrected chi connectivity index (χ2v) is 5.95. The molecule has 3 heterocycles. The van der Waals surface area contributed by atoms with Crippen LogP contribution in [0.2, 0.25) is 0 Å². The predicted octanol–water partition coefficient (Wildman–Crippen LogP) is 2.70. The lowest BCUT2D eigenvalue weighted by Gasteiger charge is -2.33. The number of hydrogen-bond donors (Lipinski definition) is 0. The molecule has 0 saturated carbocycles. The van der Waals surface area contributed by atoms with Crippen LogP contribution in [0.25, 0.3) is 11.0 Å². The Bertz CT molecular complexity index is 580. The number of imidazole rings is 1. The fourth-order valence-corrected chi connectivity index (χ4v) is 3.27. The van der Waals surface area contributed by atoms with E-state index < -0.39 is 0 Å². The molecule has 1 unspecified atom stereocenters. The maximum Gasteiger partial charge on any atom is 0.111 e. The zero-order chi connectivity index (χ0) is 13.9. The summed E-state index contributed by atoms with van der Waals surface area (Å²) in [5.74, 6) is 1.69. The molecule has 1 aliphatic rings. The lowest BCUT2D eigenvalue weighted by Crippen LogP contribution is -2.39. The molecule has 108 valence electrons. The van der Waals surface area contributed by atoms with Crippen molar-refractivity contribution in [3.05, 3.63) is 24.3 Å². The number of likely N-dealkylation sites (tertiary alicyclic amines) is 1.